The third-order valence-corrected chi connectivity index (χ3v) is 1.11. The molecule has 0 aromatic carbocycles. The summed E-state index contributed by atoms with van der Waals surface area (Å²) in [7, 11) is -3.43. The van der Waals surface area contributed by atoms with Crippen molar-refractivity contribution in [1.82, 2.24) is 0 Å². The molecule has 0 spiro atoms. The lowest BCUT2D eigenvalue weighted by Crippen LogP contribution is -2.06. The van der Waals surface area contributed by atoms with E-state index in [1.807, 2.05) is 0 Å². The molecule has 4 heteroatoms. The van der Waals surface area contributed by atoms with E-state index in [-0.39, 0.29) is 0 Å². The normalized spacial score (nSPS) is 13.6. The fraction of sp³-hybridized carbons (Fsp3) is 0.200. The molecule has 2 N–H and O–H groups in total. The SMILES string of the molecule is CC=CC=CS(N)(=O)=O. The largest absolute Gasteiger partial charge is 0.231 e. The van der Waals surface area contributed by atoms with E-state index in [2.05, 4.69) is 5.14 Å². The minimum Gasteiger partial charge on any atom is -0.225 e. The maximum atomic E-state index is 10.2. The van der Waals surface area contributed by atoms with E-state index in [0.29, 0.717) is 0 Å². The van der Waals surface area contributed by atoms with Gasteiger partial charge in [0.2, 0.25) is 10.0 Å². The van der Waals surface area contributed by atoms with Crippen LogP contribution in [-0.4, -0.2) is 8.42 Å². The van der Waals surface area contributed by atoms with Crippen LogP contribution in [0.4, 0.5) is 0 Å². The quantitative estimate of drug-likeness (QED) is 0.573. The molecule has 0 aliphatic rings. The summed E-state index contributed by atoms with van der Waals surface area (Å²) < 4.78 is 20.3. The van der Waals surface area contributed by atoms with Gasteiger partial charge in [0.05, 0.1) is 0 Å². The van der Waals surface area contributed by atoms with Gasteiger partial charge in [-0.05, 0) is 13.0 Å². The van der Waals surface area contributed by atoms with Crippen LogP contribution in [0.5, 0.6) is 0 Å². The van der Waals surface area contributed by atoms with Crippen LogP contribution in [0.25, 0.3) is 0 Å². The molecular formula is C5H9NO2S. The molecule has 0 aromatic rings. The van der Waals surface area contributed by atoms with Gasteiger partial charge < -0.3 is 0 Å². The van der Waals surface area contributed by atoms with Crippen molar-refractivity contribution in [1.29, 1.82) is 0 Å². The van der Waals surface area contributed by atoms with Gasteiger partial charge >= 0.3 is 0 Å². The third-order valence-electron chi connectivity index (χ3n) is 0.572. The average molecular weight is 147 g/mol. The van der Waals surface area contributed by atoms with Crippen LogP contribution in [0.15, 0.2) is 23.6 Å². The van der Waals surface area contributed by atoms with Crippen LogP contribution in [-0.2, 0) is 10.0 Å². The Kier molecular flexibility index (Phi) is 3.19. The summed E-state index contributed by atoms with van der Waals surface area (Å²) in [6, 6.07) is 0. The maximum absolute atomic E-state index is 10.2. The highest BCUT2D eigenvalue weighted by Gasteiger charge is 1.88. The summed E-state index contributed by atoms with van der Waals surface area (Å²) in [4.78, 5) is 0. The number of hydrogen-bond donors (Lipinski definition) is 1. The molecule has 0 amide bonds. The standard InChI is InChI=1S/C5H9NO2S/c1-2-3-4-5-9(6,7)8/h2-5H,1H3,(H2,6,7,8). The fourth-order valence-electron chi connectivity index (χ4n) is 0.266. The number of primary sulfonamides is 1. The van der Waals surface area contributed by atoms with E-state index < -0.39 is 10.0 Å². The van der Waals surface area contributed by atoms with Gasteiger partial charge in [0.1, 0.15) is 0 Å². The van der Waals surface area contributed by atoms with Crippen molar-refractivity contribution in [3.8, 4) is 0 Å². The second-order valence-corrected chi connectivity index (χ2v) is 2.89. The summed E-state index contributed by atoms with van der Waals surface area (Å²) in [5.41, 5.74) is 0. The van der Waals surface area contributed by atoms with Crippen molar-refractivity contribution in [3.05, 3.63) is 23.6 Å². The number of nitrogens with two attached hydrogens (primary N) is 1. The molecule has 52 valence electrons. The summed E-state index contributed by atoms with van der Waals surface area (Å²) in [6.45, 7) is 1.79. The van der Waals surface area contributed by atoms with E-state index in [1.54, 1.807) is 19.1 Å². The summed E-state index contributed by atoms with van der Waals surface area (Å²) in [5.74, 6) is 0. The van der Waals surface area contributed by atoms with E-state index in [9.17, 15) is 8.42 Å². The summed E-state index contributed by atoms with van der Waals surface area (Å²) >= 11 is 0. The average Bonchev–Trinajstić information content (AvgIpc) is 1.63. The zero-order chi connectivity index (χ0) is 7.33. The topological polar surface area (TPSA) is 60.2 Å². The van der Waals surface area contributed by atoms with Gasteiger partial charge in [-0.15, -0.1) is 0 Å². The number of hydrogen-bond acceptors (Lipinski definition) is 2. The monoisotopic (exact) mass is 147 g/mol. The Morgan fingerprint density at radius 2 is 1.89 bits per heavy atom. The van der Waals surface area contributed by atoms with Crippen LogP contribution in [0.3, 0.4) is 0 Å². The Labute approximate surface area is 54.9 Å². The predicted molar refractivity (Wildman–Crippen MR) is 37.1 cm³/mol. The van der Waals surface area contributed by atoms with Crippen molar-refractivity contribution in [2.45, 2.75) is 6.92 Å². The zero-order valence-electron chi connectivity index (χ0n) is 5.11. The second-order valence-electron chi connectivity index (χ2n) is 1.44. The smallest absolute Gasteiger partial charge is 0.225 e. The summed E-state index contributed by atoms with van der Waals surface area (Å²) in [5, 5.41) is 5.57. The van der Waals surface area contributed by atoms with E-state index >= 15 is 0 Å². The van der Waals surface area contributed by atoms with Crippen molar-refractivity contribution in [3.63, 3.8) is 0 Å². The Hall–Kier alpha value is -0.610. The molecule has 0 aliphatic carbocycles. The molecular weight excluding hydrogens is 138 g/mol. The molecule has 0 heterocycles. The summed E-state index contributed by atoms with van der Waals surface area (Å²) in [6.07, 6.45) is 4.67. The first-order valence-corrected chi connectivity index (χ1v) is 3.99. The minimum atomic E-state index is -3.43. The van der Waals surface area contributed by atoms with Crippen LogP contribution < -0.4 is 5.14 Å². The van der Waals surface area contributed by atoms with Crippen LogP contribution in [0, 0.1) is 0 Å². The molecule has 3 nitrogen and oxygen atoms in total. The van der Waals surface area contributed by atoms with Crippen molar-refractivity contribution >= 4 is 10.0 Å². The molecule has 0 unspecified atom stereocenters. The van der Waals surface area contributed by atoms with E-state index in [4.69, 9.17) is 0 Å². The second kappa shape index (κ2) is 3.42. The molecule has 0 saturated heterocycles. The Bertz CT molecular complexity index is 213. The van der Waals surface area contributed by atoms with E-state index in [1.165, 1.54) is 6.08 Å². The highest BCUT2D eigenvalue weighted by Crippen LogP contribution is 1.81. The molecule has 0 fully saturated rings. The van der Waals surface area contributed by atoms with Crippen LogP contribution >= 0.6 is 0 Å². The Morgan fingerprint density at radius 1 is 1.33 bits per heavy atom. The number of allylic oxidation sites excluding steroid dienone is 3. The van der Waals surface area contributed by atoms with Gasteiger partial charge in [0.15, 0.2) is 0 Å². The first-order valence-electron chi connectivity index (χ1n) is 2.38. The van der Waals surface area contributed by atoms with Gasteiger partial charge in [0.25, 0.3) is 0 Å². The highest BCUT2D eigenvalue weighted by atomic mass is 32.2. The number of sulfonamides is 1. The molecule has 0 rings (SSSR count). The molecule has 0 aromatic heterocycles. The van der Waals surface area contributed by atoms with Crippen LogP contribution in [0.1, 0.15) is 6.92 Å². The lowest BCUT2D eigenvalue weighted by Gasteiger charge is -1.79. The van der Waals surface area contributed by atoms with E-state index in [0.717, 1.165) is 5.41 Å². The van der Waals surface area contributed by atoms with Crippen molar-refractivity contribution < 1.29 is 8.42 Å². The van der Waals surface area contributed by atoms with Gasteiger partial charge in [-0.25, -0.2) is 13.6 Å². The fourth-order valence-corrected chi connectivity index (χ4v) is 0.576. The first kappa shape index (κ1) is 8.39. The Morgan fingerprint density at radius 3 is 2.22 bits per heavy atom. The van der Waals surface area contributed by atoms with Gasteiger partial charge in [-0.1, -0.05) is 12.2 Å². The molecule has 0 bridgehead atoms. The van der Waals surface area contributed by atoms with Gasteiger partial charge in [-0.2, -0.15) is 0 Å². The lowest BCUT2D eigenvalue weighted by atomic mass is 10.5. The molecule has 0 saturated carbocycles. The first-order chi connectivity index (χ1) is 4.06. The lowest BCUT2D eigenvalue weighted by molar-refractivity contribution is 0.606. The molecule has 0 radical (unpaired) electrons. The van der Waals surface area contributed by atoms with Gasteiger partial charge in [0, 0.05) is 5.41 Å². The Balaban J connectivity index is 4.03. The molecule has 0 aliphatic heterocycles. The van der Waals surface area contributed by atoms with Gasteiger partial charge in [-0.3, -0.25) is 0 Å². The van der Waals surface area contributed by atoms with Crippen molar-refractivity contribution in [2.24, 2.45) is 5.14 Å². The predicted octanol–water partition coefficient (Wildman–Crippen LogP) is 0.365. The van der Waals surface area contributed by atoms with Crippen LogP contribution in [0.2, 0.25) is 0 Å². The minimum absolute atomic E-state index is 0.938. The molecule has 0 atom stereocenters. The molecule has 9 heavy (non-hydrogen) atoms. The number of rotatable bonds is 2. The highest BCUT2D eigenvalue weighted by molar-refractivity contribution is 7.92. The zero-order valence-corrected chi connectivity index (χ0v) is 5.93. The maximum Gasteiger partial charge on any atom is 0.231 e. The third kappa shape index (κ3) is 7.39. The van der Waals surface area contributed by atoms with Crippen molar-refractivity contribution in [2.75, 3.05) is 0 Å².